The van der Waals surface area contributed by atoms with Crippen LogP contribution in [0.5, 0.6) is 5.75 Å². The van der Waals surface area contributed by atoms with Crippen molar-refractivity contribution >= 4 is 10.0 Å². The number of hydrogen-bond acceptors (Lipinski definition) is 5. The summed E-state index contributed by atoms with van der Waals surface area (Å²) in [5.41, 5.74) is 0.904. The second-order valence-electron chi connectivity index (χ2n) is 6.05. The molecule has 1 N–H and O–H groups in total. The van der Waals surface area contributed by atoms with Gasteiger partial charge in [-0.1, -0.05) is 13.8 Å². The van der Waals surface area contributed by atoms with Gasteiger partial charge in [-0.05, 0) is 31.4 Å². The predicted molar refractivity (Wildman–Crippen MR) is 84.4 cm³/mol. The zero-order valence-corrected chi connectivity index (χ0v) is 14.1. The van der Waals surface area contributed by atoms with E-state index in [1.807, 2.05) is 32.9 Å². The lowest BCUT2D eigenvalue weighted by Crippen LogP contribution is -2.52. The molecule has 124 valence electrons. The molecule has 2 heterocycles. The van der Waals surface area contributed by atoms with Crippen molar-refractivity contribution in [2.45, 2.75) is 39.3 Å². The third-order valence-corrected chi connectivity index (χ3v) is 5.13. The highest BCUT2D eigenvalue weighted by atomic mass is 32.2. The average Bonchev–Trinajstić information content (AvgIpc) is 2.41. The Kier molecular flexibility index (Phi) is 5.77. The summed E-state index contributed by atoms with van der Waals surface area (Å²) in [4.78, 5) is 4.18. The normalized spacial score (nSPS) is 22.7. The van der Waals surface area contributed by atoms with E-state index < -0.39 is 10.0 Å². The van der Waals surface area contributed by atoms with Crippen LogP contribution < -0.4 is 9.46 Å². The summed E-state index contributed by atoms with van der Waals surface area (Å²) in [6.45, 7) is 6.56. The molecule has 0 aromatic carbocycles. The Bertz CT molecular complexity index is 572. The first-order valence-electron chi connectivity index (χ1n) is 7.53. The number of nitrogens with one attached hydrogen (secondary N) is 1. The van der Waals surface area contributed by atoms with Crippen LogP contribution in [0.3, 0.4) is 0 Å². The molecule has 0 saturated carbocycles. The number of rotatable bonds is 6. The fourth-order valence-electron chi connectivity index (χ4n) is 2.38. The maximum atomic E-state index is 12.1. The van der Waals surface area contributed by atoms with Gasteiger partial charge in [0.15, 0.2) is 0 Å². The first-order chi connectivity index (χ1) is 10.4. The van der Waals surface area contributed by atoms with Crippen molar-refractivity contribution in [1.82, 2.24) is 9.71 Å². The highest BCUT2D eigenvalue weighted by molar-refractivity contribution is 7.89. The monoisotopic (exact) mass is 328 g/mol. The molecule has 1 aromatic rings. The van der Waals surface area contributed by atoms with Gasteiger partial charge in [0.25, 0.3) is 0 Å². The highest BCUT2D eigenvalue weighted by Gasteiger charge is 2.31. The molecule has 0 amide bonds. The fourth-order valence-corrected chi connectivity index (χ4v) is 4.08. The summed E-state index contributed by atoms with van der Waals surface area (Å²) in [6.07, 6.45) is 1.89. The van der Waals surface area contributed by atoms with Crippen LogP contribution in [0.25, 0.3) is 0 Å². The van der Waals surface area contributed by atoms with E-state index in [-0.39, 0.29) is 23.8 Å². The number of pyridine rings is 1. The smallest absolute Gasteiger partial charge is 0.212 e. The summed E-state index contributed by atoms with van der Waals surface area (Å²) < 4.78 is 38.3. The lowest BCUT2D eigenvalue weighted by molar-refractivity contribution is -0.00942. The third-order valence-electron chi connectivity index (χ3n) is 3.36. The van der Waals surface area contributed by atoms with Crippen molar-refractivity contribution < 1.29 is 17.9 Å². The molecule has 7 heteroatoms. The molecule has 1 saturated heterocycles. The summed E-state index contributed by atoms with van der Waals surface area (Å²) in [5, 5.41) is 0. The Labute approximate surface area is 132 Å². The largest absolute Gasteiger partial charge is 0.485 e. The van der Waals surface area contributed by atoms with Crippen molar-refractivity contribution in [3.05, 3.63) is 24.0 Å². The van der Waals surface area contributed by atoms with Crippen molar-refractivity contribution in [2.75, 3.05) is 19.0 Å². The lowest BCUT2D eigenvalue weighted by Gasteiger charge is -2.32. The molecule has 1 aliphatic heterocycles. The van der Waals surface area contributed by atoms with Crippen molar-refractivity contribution in [3.8, 4) is 5.75 Å². The molecular weight excluding hydrogens is 304 g/mol. The Morgan fingerprint density at radius 3 is 2.86 bits per heavy atom. The molecule has 1 aliphatic rings. The van der Waals surface area contributed by atoms with E-state index >= 15 is 0 Å². The topological polar surface area (TPSA) is 77.5 Å². The number of ether oxygens (including phenoxy) is 2. The summed E-state index contributed by atoms with van der Waals surface area (Å²) in [7, 11) is -3.31. The van der Waals surface area contributed by atoms with Gasteiger partial charge < -0.3 is 9.47 Å². The molecule has 0 unspecified atom stereocenters. The van der Waals surface area contributed by atoms with Crippen LogP contribution in [0.4, 0.5) is 0 Å². The first-order valence-corrected chi connectivity index (χ1v) is 9.18. The first kappa shape index (κ1) is 17.2. The van der Waals surface area contributed by atoms with Crippen molar-refractivity contribution in [2.24, 2.45) is 5.92 Å². The van der Waals surface area contributed by atoms with Gasteiger partial charge in [0.2, 0.25) is 10.0 Å². The highest BCUT2D eigenvalue weighted by Crippen LogP contribution is 2.18. The van der Waals surface area contributed by atoms with Gasteiger partial charge >= 0.3 is 0 Å². The molecule has 1 aromatic heterocycles. The zero-order chi connectivity index (χ0) is 16.2. The standard InChI is InChI=1S/C15H24N2O4S/c1-11(2)10-22(18,19)17-14-6-7-20-9-15(14)21-13-5-4-12(3)16-8-13/h4-5,8,11,14-15,17H,6-7,9-10H2,1-3H3/t14-,15+/m1/s1. The third kappa shape index (κ3) is 5.23. The van der Waals surface area contributed by atoms with E-state index in [0.29, 0.717) is 25.4 Å². The van der Waals surface area contributed by atoms with Gasteiger partial charge in [-0.3, -0.25) is 4.98 Å². The van der Waals surface area contributed by atoms with Crippen LogP contribution in [0, 0.1) is 12.8 Å². The van der Waals surface area contributed by atoms with Crippen LogP contribution >= 0.6 is 0 Å². The van der Waals surface area contributed by atoms with Crippen molar-refractivity contribution in [3.63, 3.8) is 0 Å². The van der Waals surface area contributed by atoms with Gasteiger partial charge in [0, 0.05) is 12.3 Å². The molecule has 2 rings (SSSR count). The number of sulfonamides is 1. The summed E-state index contributed by atoms with van der Waals surface area (Å²) >= 11 is 0. The Hall–Kier alpha value is -1.18. The van der Waals surface area contributed by atoms with Crippen LogP contribution in [0.15, 0.2) is 18.3 Å². The molecule has 1 fully saturated rings. The Morgan fingerprint density at radius 2 is 2.23 bits per heavy atom. The molecule has 0 aliphatic carbocycles. The Morgan fingerprint density at radius 1 is 1.45 bits per heavy atom. The maximum absolute atomic E-state index is 12.1. The van der Waals surface area contributed by atoms with Gasteiger partial charge in [-0.15, -0.1) is 0 Å². The molecule has 22 heavy (non-hydrogen) atoms. The van der Waals surface area contributed by atoms with E-state index in [1.54, 1.807) is 6.20 Å². The minimum Gasteiger partial charge on any atom is -0.485 e. The average molecular weight is 328 g/mol. The van der Waals surface area contributed by atoms with E-state index in [2.05, 4.69) is 9.71 Å². The van der Waals surface area contributed by atoms with Crippen molar-refractivity contribution in [1.29, 1.82) is 0 Å². The van der Waals surface area contributed by atoms with Gasteiger partial charge in [-0.2, -0.15) is 0 Å². The Balaban J connectivity index is 2.03. The molecule has 0 bridgehead atoms. The molecule has 0 spiro atoms. The van der Waals surface area contributed by atoms with E-state index in [4.69, 9.17) is 9.47 Å². The van der Waals surface area contributed by atoms with Gasteiger partial charge in [0.05, 0.1) is 24.6 Å². The minimum atomic E-state index is -3.31. The molecular formula is C15H24N2O4S. The number of nitrogens with zero attached hydrogens (tertiary/aromatic N) is 1. The molecule has 0 radical (unpaired) electrons. The van der Waals surface area contributed by atoms with E-state index in [9.17, 15) is 8.42 Å². The lowest BCUT2D eigenvalue weighted by atomic mass is 10.1. The van der Waals surface area contributed by atoms with Gasteiger partial charge in [0.1, 0.15) is 11.9 Å². The van der Waals surface area contributed by atoms with E-state index in [1.165, 1.54) is 0 Å². The molecule has 2 atom stereocenters. The zero-order valence-electron chi connectivity index (χ0n) is 13.3. The van der Waals surface area contributed by atoms with Crippen LogP contribution in [0.2, 0.25) is 0 Å². The van der Waals surface area contributed by atoms with Crippen LogP contribution in [0.1, 0.15) is 26.0 Å². The SMILES string of the molecule is Cc1ccc(O[C@H]2COCC[C@H]2NS(=O)(=O)CC(C)C)cn1. The second-order valence-corrected chi connectivity index (χ2v) is 7.85. The summed E-state index contributed by atoms with van der Waals surface area (Å²) in [5.74, 6) is 0.815. The minimum absolute atomic E-state index is 0.0815. The number of aryl methyl sites for hydroxylation is 1. The fraction of sp³-hybridized carbons (Fsp3) is 0.667. The number of hydrogen-bond donors (Lipinski definition) is 1. The summed E-state index contributed by atoms with van der Waals surface area (Å²) in [6, 6.07) is 3.41. The number of aromatic nitrogens is 1. The van der Waals surface area contributed by atoms with Gasteiger partial charge in [-0.25, -0.2) is 13.1 Å². The molecule has 6 nitrogen and oxygen atoms in total. The second kappa shape index (κ2) is 7.39. The van der Waals surface area contributed by atoms with E-state index in [0.717, 1.165) is 5.69 Å². The van der Waals surface area contributed by atoms with Crippen LogP contribution in [-0.4, -0.2) is 44.5 Å². The predicted octanol–water partition coefficient (Wildman–Crippen LogP) is 1.50. The quantitative estimate of drug-likeness (QED) is 0.856. The maximum Gasteiger partial charge on any atom is 0.212 e. The van der Waals surface area contributed by atoms with Crippen LogP contribution in [-0.2, 0) is 14.8 Å².